The van der Waals surface area contributed by atoms with Crippen LogP contribution >= 0.6 is 23.0 Å². The first-order valence-corrected chi connectivity index (χ1v) is 9.44. The van der Waals surface area contributed by atoms with Gasteiger partial charge in [0.1, 0.15) is 5.60 Å². The molecule has 6 heteroatoms. The standard InChI is InChI=1S/C17H32INO4/c1-5-6-7-8-9-10-11-14(12-15(20)23-18)13-19-16(21)22-17(2,3)4/h14H,5-13H2,1-4H3,(H,19,21). The molecule has 0 aliphatic heterocycles. The Morgan fingerprint density at radius 1 is 1.09 bits per heavy atom. The molecule has 1 unspecified atom stereocenters. The highest BCUT2D eigenvalue weighted by molar-refractivity contribution is 14.1. The van der Waals surface area contributed by atoms with Crippen molar-refractivity contribution in [1.82, 2.24) is 5.32 Å². The number of hydrogen-bond donors (Lipinski definition) is 1. The summed E-state index contributed by atoms with van der Waals surface area (Å²) in [6.45, 7) is 8.12. The SMILES string of the molecule is CCCCCCCCC(CNC(=O)OC(C)(C)C)CC(=O)OI. The molecule has 0 aliphatic rings. The van der Waals surface area contributed by atoms with E-state index in [2.05, 4.69) is 12.2 Å². The van der Waals surface area contributed by atoms with Crippen molar-refractivity contribution in [3.05, 3.63) is 0 Å². The smallest absolute Gasteiger partial charge is 0.407 e. The molecule has 0 heterocycles. The lowest BCUT2D eigenvalue weighted by molar-refractivity contribution is -0.132. The second-order valence-electron chi connectivity index (χ2n) is 6.96. The van der Waals surface area contributed by atoms with Crippen LogP contribution in [0.25, 0.3) is 0 Å². The van der Waals surface area contributed by atoms with Crippen molar-refractivity contribution in [2.75, 3.05) is 6.54 Å². The Morgan fingerprint density at radius 2 is 1.70 bits per heavy atom. The Hall–Kier alpha value is -0.530. The number of ether oxygens (including phenoxy) is 1. The van der Waals surface area contributed by atoms with Crippen molar-refractivity contribution in [2.24, 2.45) is 5.92 Å². The van der Waals surface area contributed by atoms with Crippen molar-refractivity contribution in [2.45, 2.75) is 84.7 Å². The van der Waals surface area contributed by atoms with Crippen molar-refractivity contribution in [1.29, 1.82) is 0 Å². The quantitative estimate of drug-likeness (QED) is 0.355. The summed E-state index contributed by atoms with van der Waals surface area (Å²) in [6, 6.07) is 0. The van der Waals surface area contributed by atoms with Crippen LogP contribution in [0.5, 0.6) is 0 Å². The first kappa shape index (κ1) is 22.5. The van der Waals surface area contributed by atoms with E-state index in [1.807, 2.05) is 20.8 Å². The first-order chi connectivity index (χ1) is 10.8. The fourth-order valence-electron chi connectivity index (χ4n) is 2.30. The maximum atomic E-state index is 11.7. The second kappa shape index (κ2) is 12.8. The third kappa shape index (κ3) is 14.8. The monoisotopic (exact) mass is 441 g/mol. The molecule has 136 valence electrons. The molecule has 0 aromatic rings. The van der Waals surface area contributed by atoms with Gasteiger partial charge in [-0.15, -0.1) is 0 Å². The van der Waals surface area contributed by atoms with Crippen LogP contribution in [-0.4, -0.2) is 24.2 Å². The van der Waals surface area contributed by atoms with Gasteiger partial charge in [-0.3, -0.25) is 4.79 Å². The minimum absolute atomic E-state index is 0.0935. The van der Waals surface area contributed by atoms with Gasteiger partial charge in [-0.2, -0.15) is 0 Å². The Labute approximate surface area is 154 Å². The molecule has 23 heavy (non-hydrogen) atoms. The van der Waals surface area contributed by atoms with Crippen LogP contribution in [-0.2, 0) is 12.6 Å². The van der Waals surface area contributed by atoms with E-state index in [-0.39, 0.29) is 11.9 Å². The average molecular weight is 441 g/mol. The molecule has 0 rings (SSSR count). The number of nitrogens with one attached hydrogen (secondary N) is 1. The number of amides is 1. The number of rotatable bonds is 11. The highest BCUT2D eigenvalue weighted by Crippen LogP contribution is 2.16. The van der Waals surface area contributed by atoms with Crippen LogP contribution in [0.1, 0.15) is 79.1 Å². The fourth-order valence-corrected chi connectivity index (χ4v) is 2.48. The number of halogens is 1. The predicted molar refractivity (Wildman–Crippen MR) is 100 cm³/mol. The Bertz CT molecular complexity index is 342. The van der Waals surface area contributed by atoms with Gasteiger partial charge in [-0.1, -0.05) is 45.4 Å². The van der Waals surface area contributed by atoms with Gasteiger partial charge in [0.2, 0.25) is 0 Å². The van der Waals surface area contributed by atoms with E-state index in [9.17, 15) is 9.59 Å². The lowest BCUT2D eigenvalue weighted by Crippen LogP contribution is -2.35. The Kier molecular flexibility index (Phi) is 12.5. The maximum Gasteiger partial charge on any atom is 0.407 e. The van der Waals surface area contributed by atoms with E-state index < -0.39 is 11.7 Å². The van der Waals surface area contributed by atoms with Crippen molar-refractivity contribution in [3.63, 3.8) is 0 Å². The van der Waals surface area contributed by atoms with Gasteiger partial charge in [0, 0.05) is 6.54 Å². The van der Waals surface area contributed by atoms with Gasteiger partial charge in [0.15, 0.2) is 23.0 Å². The van der Waals surface area contributed by atoms with Crippen LogP contribution in [0.3, 0.4) is 0 Å². The van der Waals surface area contributed by atoms with Crippen LogP contribution < -0.4 is 5.32 Å². The zero-order valence-corrected chi connectivity index (χ0v) is 17.1. The molecule has 1 N–H and O–H groups in total. The molecule has 0 aromatic heterocycles. The van der Waals surface area contributed by atoms with Crippen molar-refractivity contribution in [3.8, 4) is 0 Å². The van der Waals surface area contributed by atoms with E-state index in [1.165, 1.54) is 32.1 Å². The van der Waals surface area contributed by atoms with E-state index in [4.69, 9.17) is 7.80 Å². The van der Waals surface area contributed by atoms with Crippen LogP contribution in [0.15, 0.2) is 0 Å². The molecule has 5 nitrogen and oxygen atoms in total. The van der Waals surface area contributed by atoms with Crippen molar-refractivity contribution < 1.29 is 17.4 Å². The normalized spacial score (nSPS) is 12.6. The number of hydrogen-bond acceptors (Lipinski definition) is 4. The summed E-state index contributed by atoms with van der Waals surface area (Å²) < 4.78 is 9.94. The molecule has 1 amide bonds. The van der Waals surface area contributed by atoms with Gasteiger partial charge in [0.05, 0.1) is 6.42 Å². The summed E-state index contributed by atoms with van der Waals surface area (Å²) in [6.07, 6.45) is 8.06. The molecule has 0 bridgehead atoms. The van der Waals surface area contributed by atoms with E-state index >= 15 is 0 Å². The highest BCUT2D eigenvalue weighted by Gasteiger charge is 2.19. The van der Waals surface area contributed by atoms with Gasteiger partial charge >= 0.3 is 12.1 Å². The summed E-state index contributed by atoms with van der Waals surface area (Å²) >= 11 is 1.61. The molecule has 0 radical (unpaired) electrons. The summed E-state index contributed by atoms with van der Waals surface area (Å²) in [5, 5.41) is 2.76. The number of carbonyl (C=O) groups excluding carboxylic acids is 2. The van der Waals surface area contributed by atoms with Gasteiger partial charge in [-0.05, 0) is 33.1 Å². The number of alkyl carbamates (subject to hydrolysis) is 1. The second-order valence-corrected chi connectivity index (χ2v) is 7.40. The van der Waals surface area contributed by atoms with Crippen LogP contribution in [0, 0.1) is 5.92 Å². The summed E-state index contributed by atoms with van der Waals surface area (Å²) in [4.78, 5) is 23.2. The maximum absolute atomic E-state index is 11.7. The molecule has 0 saturated heterocycles. The van der Waals surface area contributed by atoms with Gasteiger partial charge < -0.3 is 13.1 Å². The fraction of sp³-hybridized carbons (Fsp3) is 0.882. The van der Waals surface area contributed by atoms with Gasteiger partial charge in [0.25, 0.3) is 0 Å². The predicted octanol–water partition coefficient (Wildman–Crippen LogP) is 5.16. The third-order valence-electron chi connectivity index (χ3n) is 3.44. The zero-order valence-electron chi connectivity index (χ0n) is 15.0. The summed E-state index contributed by atoms with van der Waals surface area (Å²) in [5.74, 6) is -0.150. The van der Waals surface area contributed by atoms with E-state index in [1.54, 1.807) is 23.0 Å². The largest absolute Gasteiger partial charge is 0.444 e. The molecule has 1 atom stereocenters. The van der Waals surface area contributed by atoms with Crippen molar-refractivity contribution >= 4 is 35.1 Å². The Morgan fingerprint density at radius 3 is 2.26 bits per heavy atom. The number of carbonyl (C=O) groups is 2. The average Bonchev–Trinajstić information content (AvgIpc) is 2.46. The molecule has 0 fully saturated rings. The molecule has 0 spiro atoms. The summed E-state index contributed by atoms with van der Waals surface area (Å²) in [7, 11) is 0. The molecule has 0 saturated carbocycles. The third-order valence-corrected chi connectivity index (χ3v) is 3.93. The lowest BCUT2D eigenvalue weighted by atomic mass is 9.97. The minimum atomic E-state index is -0.514. The van der Waals surface area contributed by atoms with Gasteiger partial charge in [-0.25, -0.2) is 4.79 Å². The number of unbranched alkanes of at least 4 members (excludes halogenated alkanes) is 5. The summed E-state index contributed by atoms with van der Waals surface area (Å²) in [5.41, 5.74) is -0.514. The van der Waals surface area contributed by atoms with Crippen LogP contribution in [0.4, 0.5) is 4.79 Å². The van der Waals surface area contributed by atoms with Crippen LogP contribution in [0.2, 0.25) is 0 Å². The molecule has 0 aromatic carbocycles. The topological polar surface area (TPSA) is 64.6 Å². The zero-order chi connectivity index (χ0) is 17.7. The minimum Gasteiger partial charge on any atom is -0.444 e. The molecule has 0 aliphatic carbocycles. The lowest BCUT2D eigenvalue weighted by Gasteiger charge is -2.21. The molecular formula is C17H32INO4. The first-order valence-electron chi connectivity index (χ1n) is 8.56. The van der Waals surface area contributed by atoms with E-state index in [0.717, 1.165) is 12.8 Å². The molecular weight excluding hydrogens is 409 g/mol. The Balaban J connectivity index is 4.14. The van der Waals surface area contributed by atoms with E-state index in [0.29, 0.717) is 13.0 Å². The highest BCUT2D eigenvalue weighted by atomic mass is 127.